The van der Waals surface area contributed by atoms with Gasteiger partial charge >= 0.3 is 11.9 Å². The van der Waals surface area contributed by atoms with Crippen molar-refractivity contribution in [2.75, 3.05) is 13.7 Å². The first-order chi connectivity index (χ1) is 11.9. The van der Waals surface area contributed by atoms with Crippen molar-refractivity contribution in [2.45, 2.75) is 53.5 Å². The zero-order chi connectivity index (χ0) is 20.1. The van der Waals surface area contributed by atoms with E-state index < -0.39 is 11.9 Å². The SMILES string of the molecule is CCOC(=O)/C(C#N)=C1/SC(NC(C)(C)CC(C)(C)C)=C(C(=O)OC)S1. The predicted octanol–water partition coefficient (Wildman–Crippen LogP) is 3.91. The number of nitriles is 1. The molecule has 0 spiro atoms. The molecule has 0 saturated carbocycles. The van der Waals surface area contributed by atoms with Crippen LogP contribution in [0.15, 0.2) is 19.7 Å². The number of ether oxygens (including phenoxy) is 2. The number of hydrogen-bond donors (Lipinski definition) is 1. The Morgan fingerprint density at radius 1 is 1.19 bits per heavy atom. The molecule has 1 aliphatic heterocycles. The second kappa shape index (κ2) is 8.87. The third-order valence-electron chi connectivity index (χ3n) is 3.19. The molecule has 0 saturated heterocycles. The Hall–Kier alpha value is -1.59. The van der Waals surface area contributed by atoms with E-state index in [9.17, 15) is 14.9 Å². The van der Waals surface area contributed by atoms with Crippen molar-refractivity contribution in [3.63, 3.8) is 0 Å². The van der Waals surface area contributed by atoms with Gasteiger partial charge < -0.3 is 14.8 Å². The van der Waals surface area contributed by atoms with Crippen LogP contribution >= 0.6 is 23.5 Å². The fourth-order valence-electron chi connectivity index (χ4n) is 2.77. The lowest BCUT2D eigenvalue weighted by atomic mass is 9.82. The van der Waals surface area contributed by atoms with Crippen molar-refractivity contribution < 1.29 is 19.1 Å². The second-order valence-electron chi connectivity index (χ2n) is 7.60. The van der Waals surface area contributed by atoms with E-state index in [4.69, 9.17) is 9.47 Å². The number of nitrogens with one attached hydrogen (secondary N) is 1. The standard InChI is InChI=1S/C18H26N2O4S2/c1-8-24-14(21)11(9-19)16-25-12(15(22)23-7)13(26-16)20-18(5,6)10-17(2,3)4/h20H,8,10H2,1-7H3/b16-11+. The number of carbonyl (C=O) groups is 2. The van der Waals surface area contributed by atoms with Gasteiger partial charge in [0.05, 0.1) is 23.0 Å². The highest BCUT2D eigenvalue weighted by molar-refractivity contribution is 8.29. The minimum Gasteiger partial charge on any atom is -0.465 e. The molecule has 144 valence electrons. The van der Waals surface area contributed by atoms with Crippen LogP contribution in [0.25, 0.3) is 0 Å². The van der Waals surface area contributed by atoms with E-state index in [1.54, 1.807) is 6.92 Å². The van der Waals surface area contributed by atoms with E-state index in [0.717, 1.165) is 18.2 Å². The highest BCUT2D eigenvalue weighted by Gasteiger charge is 2.35. The van der Waals surface area contributed by atoms with Gasteiger partial charge in [-0.15, -0.1) is 0 Å². The maximum absolute atomic E-state index is 12.2. The van der Waals surface area contributed by atoms with Crippen LogP contribution in [-0.2, 0) is 19.1 Å². The monoisotopic (exact) mass is 398 g/mol. The molecule has 1 N–H and O–H groups in total. The maximum atomic E-state index is 12.2. The molecule has 0 atom stereocenters. The molecule has 0 bridgehead atoms. The highest BCUT2D eigenvalue weighted by atomic mass is 32.2. The van der Waals surface area contributed by atoms with Gasteiger partial charge in [0.1, 0.15) is 11.0 Å². The van der Waals surface area contributed by atoms with E-state index in [1.165, 1.54) is 18.9 Å². The summed E-state index contributed by atoms with van der Waals surface area (Å²) in [6.07, 6.45) is 0.852. The first-order valence-electron chi connectivity index (χ1n) is 8.22. The molecule has 8 heteroatoms. The number of methoxy groups -OCH3 is 1. The molecule has 0 aliphatic carbocycles. The Morgan fingerprint density at radius 2 is 1.81 bits per heavy atom. The molecule has 0 fully saturated rings. The number of thioether (sulfide) groups is 2. The zero-order valence-electron chi connectivity index (χ0n) is 16.3. The summed E-state index contributed by atoms with van der Waals surface area (Å²) >= 11 is 2.25. The summed E-state index contributed by atoms with van der Waals surface area (Å²) in [6.45, 7) is 12.4. The quantitative estimate of drug-likeness (QED) is 0.409. The van der Waals surface area contributed by atoms with Gasteiger partial charge in [0, 0.05) is 5.54 Å². The van der Waals surface area contributed by atoms with Crippen LogP contribution < -0.4 is 5.32 Å². The van der Waals surface area contributed by atoms with Gasteiger partial charge in [-0.1, -0.05) is 44.3 Å². The summed E-state index contributed by atoms with van der Waals surface area (Å²) in [4.78, 5) is 24.5. The molecule has 0 aromatic heterocycles. The average Bonchev–Trinajstić information content (AvgIpc) is 2.87. The van der Waals surface area contributed by atoms with Crippen molar-refractivity contribution in [2.24, 2.45) is 5.41 Å². The van der Waals surface area contributed by atoms with Crippen LogP contribution in [0.1, 0.15) is 48.0 Å². The van der Waals surface area contributed by atoms with E-state index in [-0.39, 0.29) is 23.1 Å². The largest absolute Gasteiger partial charge is 0.465 e. The fourth-order valence-corrected chi connectivity index (χ4v) is 5.33. The van der Waals surface area contributed by atoms with Crippen LogP contribution in [-0.4, -0.2) is 31.2 Å². The minimum atomic E-state index is -0.690. The topological polar surface area (TPSA) is 88.4 Å². The lowest BCUT2D eigenvalue weighted by molar-refractivity contribution is -0.138. The van der Waals surface area contributed by atoms with Gasteiger partial charge in [0.25, 0.3) is 0 Å². The zero-order valence-corrected chi connectivity index (χ0v) is 17.9. The van der Waals surface area contributed by atoms with Crippen molar-refractivity contribution >= 4 is 35.5 Å². The van der Waals surface area contributed by atoms with Crippen LogP contribution in [0, 0.1) is 16.7 Å². The molecule has 1 rings (SSSR count). The van der Waals surface area contributed by atoms with Crippen molar-refractivity contribution in [1.82, 2.24) is 5.32 Å². The summed E-state index contributed by atoms with van der Waals surface area (Å²) in [5.74, 6) is -1.20. The molecular weight excluding hydrogens is 372 g/mol. The van der Waals surface area contributed by atoms with E-state index in [1.807, 2.05) is 19.9 Å². The van der Waals surface area contributed by atoms with Gasteiger partial charge in [-0.05, 0) is 32.6 Å². The summed E-state index contributed by atoms with van der Waals surface area (Å²) in [7, 11) is 1.30. The average molecular weight is 399 g/mol. The van der Waals surface area contributed by atoms with Crippen molar-refractivity contribution in [3.05, 3.63) is 19.7 Å². The van der Waals surface area contributed by atoms with Gasteiger partial charge in [-0.2, -0.15) is 5.26 Å². The lowest BCUT2D eigenvalue weighted by Gasteiger charge is -2.34. The smallest absolute Gasteiger partial charge is 0.350 e. The van der Waals surface area contributed by atoms with Gasteiger partial charge in [0.15, 0.2) is 5.57 Å². The molecule has 1 heterocycles. The minimum absolute atomic E-state index is 0.0836. The van der Waals surface area contributed by atoms with Crippen LogP contribution in [0.4, 0.5) is 0 Å². The lowest BCUT2D eigenvalue weighted by Crippen LogP contribution is -2.41. The van der Waals surface area contributed by atoms with E-state index in [0.29, 0.717) is 14.2 Å². The Bertz CT molecular complexity index is 682. The Labute approximate surface area is 163 Å². The molecule has 6 nitrogen and oxygen atoms in total. The number of esters is 2. The Kier molecular flexibility index (Phi) is 7.66. The number of hydrogen-bond acceptors (Lipinski definition) is 8. The van der Waals surface area contributed by atoms with Crippen LogP contribution in [0.2, 0.25) is 0 Å². The van der Waals surface area contributed by atoms with Crippen LogP contribution in [0.5, 0.6) is 0 Å². The number of rotatable bonds is 6. The Morgan fingerprint density at radius 3 is 2.27 bits per heavy atom. The molecule has 0 radical (unpaired) electrons. The summed E-state index contributed by atoms with van der Waals surface area (Å²) in [6, 6.07) is 1.88. The predicted molar refractivity (Wildman–Crippen MR) is 105 cm³/mol. The summed E-state index contributed by atoms with van der Waals surface area (Å²) in [5.41, 5.74) is -0.318. The highest BCUT2D eigenvalue weighted by Crippen LogP contribution is 2.50. The summed E-state index contributed by atoms with van der Waals surface area (Å²) in [5, 5.41) is 13.3. The van der Waals surface area contributed by atoms with Gasteiger partial charge in [-0.3, -0.25) is 0 Å². The van der Waals surface area contributed by atoms with E-state index in [2.05, 4.69) is 26.1 Å². The number of carbonyl (C=O) groups excluding carboxylic acids is 2. The molecule has 0 amide bonds. The molecule has 1 aliphatic rings. The van der Waals surface area contributed by atoms with Crippen molar-refractivity contribution in [3.8, 4) is 6.07 Å². The molecule has 0 aromatic carbocycles. The Balaban J connectivity index is 3.19. The van der Waals surface area contributed by atoms with E-state index >= 15 is 0 Å². The molecule has 0 aromatic rings. The first kappa shape index (κ1) is 22.5. The molecule has 26 heavy (non-hydrogen) atoms. The molecular formula is C18H26N2O4S2. The molecule has 0 unspecified atom stereocenters. The fraction of sp³-hybridized carbons (Fsp3) is 0.611. The third-order valence-corrected chi connectivity index (χ3v) is 5.68. The number of nitrogens with zero attached hydrogens (tertiary/aromatic N) is 1. The van der Waals surface area contributed by atoms with Gasteiger partial charge in [-0.25, -0.2) is 9.59 Å². The maximum Gasteiger partial charge on any atom is 0.350 e. The second-order valence-corrected chi connectivity index (χ2v) is 9.89. The van der Waals surface area contributed by atoms with Gasteiger partial charge in [0.2, 0.25) is 0 Å². The van der Waals surface area contributed by atoms with Crippen LogP contribution in [0.3, 0.4) is 0 Å². The summed E-state index contributed by atoms with van der Waals surface area (Å²) < 4.78 is 10.2. The third kappa shape index (κ3) is 6.29. The van der Waals surface area contributed by atoms with Crippen molar-refractivity contribution in [1.29, 1.82) is 5.26 Å². The normalized spacial score (nSPS) is 16.8. The first-order valence-corrected chi connectivity index (χ1v) is 9.85.